The van der Waals surface area contributed by atoms with E-state index in [0.717, 1.165) is 0 Å². The molecule has 26 heavy (non-hydrogen) atoms. The van der Waals surface area contributed by atoms with Crippen molar-refractivity contribution in [3.8, 4) is 0 Å². The van der Waals surface area contributed by atoms with Crippen molar-refractivity contribution in [3.05, 3.63) is 34.9 Å². The summed E-state index contributed by atoms with van der Waals surface area (Å²) in [5.41, 5.74) is 0.246. The van der Waals surface area contributed by atoms with Gasteiger partial charge in [0, 0.05) is 0 Å². The summed E-state index contributed by atoms with van der Waals surface area (Å²) in [5, 5.41) is 0.392. The molecule has 0 aliphatic carbocycles. The van der Waals surface area contributed by atoms with Crippen LogP contribution in [0.2, 0.25) is 9.84 Å². The van der Waals surface area contributed by atoms with E-state index in [9.17, 15) is 14.4 Å². The van der Waals surface area contributed by atoms with Gasteiger partial charge in [-0.25, -0.2) is 0 Å². The van der Waals surface area contributed by atoms with Crippen LogP contribution in [-0.4, -0.2) is 50.6 Å². The Bertz CT molecular complexity index is 679. The third-order valence-electron chi connectivity index (χ3n) is 3.76. The van der Waals surface area contributed by atoms with Gasteiger partial charge in [-0.1, -0.05) is 0 Å². The van der Waals surface area contributed by atoms with Crippen LogP contribution in [-0.2, 0) is 23.8 Å². The molecule has 2 atom stereocenters. The minimum absolute atomic E-state index is 0.162. The molecular weight excluding hydrogens is 427 g/mol. The van der Waals surface area contributed by atoms with Crippen molar-refractivity contribution < 1.29 is 28.6 Å². The van der Waals surface area contributed by atoms with Crippen LogP contribution in [0.4, 0.5) is 0 Å². The van der Waals surface area contributed by atoms with Gasteiger partial charge in [-0.3, -0.25) is 0 Å². The second kappa shape index (κ2) is 9.40. The maximum atomic E-state index is 12.6. The van der Waals surface area contributed by atoms with Crippen molar-refractivity contribution in [2.24, 2.45) is 0 Å². The van der Waals surface area contributed by atoms with Gasteiger partial charge in [0.05, 0.1) is 0 Å². The van der Waals surface area contributed by atoms with Crippen molar-refractivity contribution in [2.75, 3.05) is 13.2 Å². The van der Waals surface area contributed by atoms with Crippen LogP contribution in [0.5, 0.6) is 0 Å². The van der Waals surface area contributed by atoms with Gasteiger partial charge in [0.15, 0.2) is 0 Å². The Kier molecular flexibility index (Phi) is 7.50. The molecule has 1 aromatic carbocycles. The quantitative estimate of drug-likeness (QED) is 0.379. The first-order valence-corrected chi connectivity index (χ1v) is 10.6. The van der Waals surface area contributed by atoms with E-state index in [4.69, 9.17) is 25.8 Å². The molecule has 2 rings (SSSR count). The molecule has 142 valence electrons. The number of rotatable bonds is 6. The predicted octanol–water partition coefficient (Wildman–Crippen LogP) is 3.00. The van der Waals surface area contributed by atoms with Gasteiger partial charge in [-0.15, -0.1) is 0 Å². The van der Waals surface area contributed by atoms with E-state index in [-0.39, 0.29) is 24.7 Å². The number of hydrogen-bond donors (Lipinski definition) is 0. The Morgan fingerprint density at radius 3 is 2.62 bits per heavy atom. The third kappa shape index (κ3) is 5.00. The first kappa shape index (κ1) is 20.7. The van der Waals surface area contributed by atoms with Gasteiger partial charge in [-0.2, -0.15) is 0 Å². The standard InChI is InChI=1S/C18H21ClO6Se/c1-3-23-16(21)14-9-6-10-18(26-14,17(22)24-4-2)25-15(20)12-7-5-8-13(19)11-12/h5,7-8,11,14H,3-4,6,9-10H2,1-2H3/t14-,18+/m1/s1. The SMILES string of the molecule is CCOC(=O)[C@H]1CCC[C@@](OC(=O)c2cccc(Cl)c2)(C(=O)OCC)[Se]1. The molecule has 6 nitrogen and oxygen atoms in total. The van der Waals surface area contributed by atoms with E-state index in [1.165, 1.54) is 6.07 Å². The van der Waals surface area contributed by atoms with E-state index >= 15 is 0 Å². The molecule has 1 aliphatic heterocycles. The third-order valence-corrected chi connectivity index (χ3v) is 7.24. The first-order valence-electron chi connectivity index (χ1n) is 8.42. The topological polar surface area (TPSA) is 78.9 Å². The molecule has 1 saturated heterocycles. The first-order chi connectivity index (χ1) is 12.4. The van der Waals surface area contributed by atoms with E-state index in [2.05, 4.69) is 0 Å². The zero-order valence-electron chi connectivity index (χ0n) is 14.7. The number of hydrogen-bond acceptors (Lipinski definition) is 6. The molecule has 1 aromatic rings. The van der Waals surface area contributed by atoms with Crippen LogP contribution in [0.1, 0.15) is 43.5 Å². The van der Waals surface area contributed by atoms with Crippen molar-refractivity contribution >= 4 is 44.5 Å². The molecule has 1 aliphatic rings. The summed E-state index contributed by atoms with van der Waals surface area (Å²) in [4.78, 5) is 36.9. The van der Waals surface area contributed by atoms with Gasteiger partial charge < -0.3 is 0 Å². The number of benzene rings is 1. The summed E-state index contributed by atoms with van der Waals surface area (Å²) < 4.78 is 14.4. The number of halogens is 1. The van der Waals surface area contributed by atoms with E-state index in [0.29, 0.717) is 24.3 Å². The number of ether oxygens (including phenoxy) is 3. The number of carbonyl (C=O) groups excluding carboxylic acids is 3. The fraction of sp³-hybridized carbons (Fsp3) is 0.500. The van der Waals surface area contributed by atoms with Crippen LogP contribution in [0.25, 0.3) is 0 Å². The monoisotopic (exact) mass is 448 g/mol. The molecule has 0 saturated carbocycles. The average Bonchev–Trinajstić information content (AvgIpc) is 2.62. The fourth-order valence-corrected chi connectivity index (χ4v) is 5.83. The van der Waals surface area contributed by atoms with Crippen molar-refractivity contribution in [2.45, 2.75) is 42.4 Å². The maximum absolute atomic E-state index is 12.6. The Morgan fingerprint density at radius 2 is 1.96 bits per heavy atom. The van der Waals surface area contributed by atoms with Crippen molar-refractivity contribution in [3.63, 3.8) is 0 Å². The van der Waals surface area contributed by atoms with Crippen LogP contribution in [0, 0.1) is 0 Å². The Labute approximate surface area is 163 Å². The normalized spacial score (nSPS) is 22.3. The summed E-state index contributed by atoms with van der Waals surface area (Å²) in [6.07, 6.45) is 1.50. The molecular formula is C18H21ClO6Se. The molecule has 0 radical (unpaired) electrons. The zero-order chi connectivity index (χ0) is 19.2. The number of esters is 3. The average molecular weight is 448 g/mol. The molecule has 0 aromatic heterocycles. The predicted molar refractivity (Wildman–Crippen MR) is 96.2 cm³/mol. The van der Waals surface area contributed by atoms with Crippen molar-refractivity contribution in [1.29, 1.82) is 0 Å². The molecule has 0 unspecified atom stereocenters. The molecule has 1 fully saturated rings. The van der Waals surface area contributed by atoms with Crippen LogP contribution in [0.15, 0.2) is 24.3 Å². The van der Waals surface area contributed by atoms with Crippen LogP contribution in [0.3, 0.4) is 0 Å². The van der Waals surface area contributed by atoms with Crippen molar-refractivity contribution in [1.82, 2.24) is 0 Å². The van der Waals surface area contributed by atoms with Gasteiger partial charge in [0.1, 0.15) is 0 Å². The zero-order valence-corrected chi connectivity index (χ0v) is 17.1. The van der Waals surface area contributed by atoms with Gasteiger partial charge >= 0.3 is 164 Å². The van der Waals surface area contributed by atoms with E-state index in [1.807, 2.05) is 0 Å². The van der Waals surface area contributed by atoms with E-state index in [1.54, 1.807) is 32.0 Å². The Balaban J connectivity index is 2.25. The minimum atomic E-state index is -1.43. The summed E-state index contributed by atoms with van der Waals surface area (Å²) in [7, 11) is 0. The summed E-state index contributed by atoms with van der Waals surface area (Å²) >= 11 is 5.28. The fourth-order valence-electron chi connectivity index (χ4n) is 2.60. The molecule has 0 spiro atoms. The van der Waals surface area contributed by atoms with Crippen LogP contribution >= 0.6 is 11.6 Å². The van der Waals surface area contributed by atoms with Crippen LogP contribution < -0.4 is 0 Å². The Morgan fingerprint density at radius 1 is 1.23 bits per heavy atom. The van der Waals surface area contributed by atoms with Gasteiger partial charge in [-0.05, 0) is 0 Å². The van der Waals surface area contributed by atoms with Gasteiger partial charge in [0.2, 0.25) is 0 Å². The number of carbonyl (C=O) groups is 3. The summed E-state index contributed by atoms with van der Waals surface area (Å²) in [6, 6.07) is 6.30. The van der Waals surface area contributed by atoms with Gasteiger partial charge in [0.25, 0.3) is 0 Å². The Hall–Kier alpha value is -1.56. The summed E-state index contributed by atoms with van der Waals surface area (Å²) in [6.45, 7) is 3.84. The molecule has 8 heteroatoms. The van der Waals surface area contributed by atoms with E-state index < -0.39 is 36.2 Å². The second-order valence-corrected chi connectivity index (χ2v) is 9.13. The molecule has 0 amide bonds. The molecule has 0 bridgehead atoms. The second-order valence-electron chi connectivity index (χ2n) is 5.62. The molecule has 0 N–H and O–H groups in total. The summed E-state index contributed by atoms with van der Waals surface area (Å²) in [5.74, 6) is -1.63. The molecule has 1 heterocycles.